The molecule has 3 heterocycles. The Bertz CT molecular complexity index is 1040. The second kappa shape index (κ2) is 6.80. The van der Waals surface area contributed by atoms with E-state index in [1.807, 2.05) is 0 Å². The first-order chi connectivity index (χ1) is 13.1. The van der Waals surface area contributed by atoms with E-state index in [4.69, 9.17) is 9.15 Å². The summed E-state index contributed by atoms with van der Waals surface area (Å²) in [6.07, 6.45) is 1.47. The molecule has 9 nitrogen and oxygen atoms in total. The SMILES string of the molecule is COC(=O)C1=C(C(=O)c2ccc(Br)cc2)[C@@H](c2ccco2)n2nnnc2N1. The number of ketones is 1. The fourth-order valence-electron chi connectivity index (χ4n) is 2.86. The van der Waals surface area contributed by atoms with Gasteiger partial charge in [-0.05, 0) is 46.8 Å². The Labute approximate surface area is 161 Å². The van der Waals surface area contributed by atoms with Crippen molar-refractivity contribution in [1.29, 1.82) is 0 Å². The third-order valence-corrected chi connectivity index (χ3v) is 4.60. The molecule has 2 aromatic heterocycles. The van der Waals surface area contributed by atoms with E-state index < -0.39 is 12.0 Å². The van der Waals surface area contributed by atoms with Crippen LogP contribution in [0.1, 0.15) is 22.2 Å². The lowest BCUT2D eigenvalue weighted by Gasteiger charge is -2.26. The van der Waals surface area contributed by atoms with Crippen molar-refractivity contribution in [2.45, 2.75) is 6.04 Å². The van der Waals surface area contributed by atoms with Crippen LogP contribution >= 0.6 is 15.9 Å². The summed E-state index contributed by atoms with van der Waals surface area (Å²) in [5.41, 5.74) is 0.484. The molecule has 1 N–H and O–H groups in total. The van der Waals surface area contributed by atoms with E-state index in [0.717, 1.165) is 4.47 Å². The first-order valence-electron chi connectivity index (χ1n) is 7.81. The normalized spacial score (nSPS) is 15.9. The number of Topliss-reactive ketones (excluding diaryl/α,β-unsaturated/α-hetero) is 1. The number of hydrogen-bond acceptors (Lipinski definition) is 8. The number of esters is 1. The monoisotopic (exact) mass is 429 g/mol. The highest BCUT2D eigenvalue weighted by Crippen LogP contribution is 2.36. The van der Waals surface area contributed by atoms with E-state index in [9.17, 15) is 9.59 Å². The zero-order valence-corrected chi connectivity index (χ0v) is 15.5. The molecular weight excluding hydrogens is 418 g/mol. The largest absolute Gasteiger partial charge is 0.467 e. The van der Waals surface area contributed by atoms with E-state index in [0.29, 0.717) is 11.3 Å². The van der Waals surface area contributed by atoms with E-state index in [-0.39, 0.29) is 23.0 Å². The van der Waals surface area contributed by atoms with Crippen molar-refractivity contribution in [2.75, 3.05) is 12.4 Å². The third-order valence-electron chi connectivity index (χ3n) is 4.07. The topological polar surface area (TPSA) is 112 Å². The van der Waals surface area contributed by atoms with Crippen molar-refractivity contribution in [3.8, 4) is 0 Å². The van der Waals surface area contributed by atoms with Crippen molar-refractivity contribution < 1.29 is 18.7 Å². The number of aromatic nitrogens is 4. The van der Waals surface area contributed by atoms with Gasteiger partial charge in [-0.2, -0.15) is 4.68 Å². The predicted molar refractivity (Wildman–Crippen MR) is 95.8 cm³/mol. The second-order valence-electron chi connectivity index (χ2n) is 5.61. The molecular formula is C17H12BrN5O4. The zero-order valence-electron chi connectivity index (χ0n) is 13.9. The molecule has 0 fully saturated rings. The molecule has 1 atom stereocenters. The second-order valence-corrected chi connectivity index (χ2v) is 6.52. The number of carbonyl (C=O) groups is 2. The van der Waals surface area contributed by atoms with E-state index in [1.54, 1.807) is 36.4 Å². The molecule has 1 aliphatic rings. The molecule has 10 heteroatoms. The van der Waals surface area contributed by atoms with Crippen LogP contribution in [0.25, 0.3) is 0 Å². The lowest BCUT2D eigenvalue weighted by atomic mass is 9.92. The van der Waals surface area contributed by atoms with Crippen LogP contribution in [-0.4, -0.2) is 39.1 Å². The van der Waals surface area contributed by atoms with E-state index in [2.05, 4.69) is 36.8 Å². The molecule has 0 spiro atoms. The fourth-order valence-corrected chi connectivity index (χ4v) is 3.12. The molecule has 0 aliphatic carbocycles. The van der Waals surface area contributed by atoms with Crippen LogP contribution in [0.4, 0.5) is 5.95 Å². The quantitative estimate of drug-likeness (QED) is 0.496. The molecule has 3 aromatic rings. The molecule has 1 aliphatic heterocycles. The van der Waals surface area contributed by atoms with Gasteiger partial charge in [-0.15, -0.1) is 0 Å². The summed E-state index contributed by atoms with van der Waals surface area (Å²) >= 11 is 3.34. The Kier molecular flexibility index (Phi) is 4.32. The smallest absolute Gasteiger partial charge is 0.355 e. The number of nitrogens with one attached hydrogen (secondary N) is 1. The minimum Gasteiger partial charge on any atom is -0.467 e. The minimum absolute atomic E-state index is 0.0332. The van der Waals surface area contributed by atoms with Gasteiger partial charge in [-0.1, -0.05) is 21.0 Å². The summed E-state index contributed by atoms with van der Waals surface area (Å²) in [4.78, 5) is 25.7. The molecule has 1 aromatic carbocycles. The summed E-state index contributed by atoms with van der Waals surface area (Å²) < 4.78 is 12.6. The average molecular weight is 430 g/mol. The Balaban J connectivity index is 1.93. The van der Waals surface area contributed by atoms with Crippen LogP contribution in [0.15, 0.2) is 62.8 Å². The van der Waals surface area contributed by atoms with Crippen LogP contribution in [-0.2, 0) is 9.53 Å². The Morgan fingerprint density at radius 2 is 2.04 bits per heavy atom. The van der Waals surface area contributed by atoms with Crippen molar-refractivity contribution in [2.24, 2.45) is 0 Å². The van der Waals surface area contributed by atoms with Gasteiger partial charge in [0, 0.05) is 10.0 Å². The number of fused-ring (bicyclic) bond motifs is 1. The summed E-state index contributed by atoms with van der Waals surface area (Å²) in [7, 11) is 1.23. The van der Waals surface area contributed by atoms with Crippen LogP contribution in [0.5, 0.6) is 0 Å². The van der Waals surface area contributed by atoms with Crippen molar-refractivity contribution in [1.82, 2.24) is 20.2 Å². The zero-order chi connectivity index (χ0) is 19.0. The first-order valence-corrected chi connectivity index (χ1v) is 8.60. The lowest BCUT2D eigenvalue weighted by Crippen LogP contribution is -2.32. The predicted octanol–water partition coefficient (Wildman–Crippen LogP) is 2.35. The van der Waals surface area contributed by atoms with Gasteiger partial charge in [-0.3, -0.25) is 4.79 Å². The van der Waals surface area contributed by atoms with Crippen molar-refractivity contribution in [3.63, 3.8) is 0 Å². The summed E-state index contributed by atoms with van der Waals surface area (Å²) in [6, 6.07) is 9.34. The molecule has 0 radical (unpaired) electrons. The number of ether oxygens (including phenoxy) is 1. The van der Waals surface area contributed by atoms with Crippen LogP contribution in [0.3, 0.4) is 0 Å². The van der Waals surface area contributed by atoms with Gasteiger partial charge in [-0.25, -0.2) is 4.79 Å². The molecule has 136 valence electrons. The van der Waals surface area contributed by atoms with Crippen LogP contribution < -0.4 is 5.32 Å². The number of carbonyl (C=O) groups excluding carboxylic acids is 2. The molecule has 0 unspecified atom stereocenters. The van der Waals surface area contributed by atoms with Gasteiger partial charge < -0.3 is 14.5 Å². The van der Waals surface area contributed by atoms with E-state index in [1.165, 1.54) is 18.1 Å². The number of furan rings is 1. The number of tetrazole rings is 1. The Hall–Kier alpha value is -3.27. The Morgan fingerprint density at radius 1 is 1.26 bits per heavy atom. The number of halogens is 1. The standard InChI is InChI=1S/C17H12BrN5O4/c1-26-16(25)13-12(15(24)9-4-6-10(18)7-5-9)14(11-3-2-8-27-11)23-17(19-13)20-21-22-23/h2-8,14H,1H3,(H,19,20,22)/t14-/m1/s1. The maximum atomic E-state index is 13.3. The number of allylic oxidation sites excluding steroid dienone is 1. The highest BCUT2D eigenvalue weighted by molar-refractivity contribution is 9.10. The molecule has 0 saturated heterocycles. The van der Waals surface area contributed by atoms with Gasteiger partial charge in [0.1, 0.15) is 17.5 Å². The average Bonchev–Trinajstić information content (AvgIpc) is 3.37. The number of nitrogens with zero attached hydrogens (tertiary/aromatic N) is 4. The van der Waals surface area contributed by atoms with Gasteiger partial charge >= 0.3 is 5.97 Å². The lowest BCUT2D eigenvalue weighted by molar-refractivity contribution is -0.136. The van der Waals surface area contributed by atoms with Crippen molar-refractivity contribution >= 4 is 33.6 Å². The molecule has 27 heavy (non-hydrogen) atoms. The maximum absolute atomic E-state index is 13.3. The summed E-state index contributed by atoms with van der Waals surface area (Å²) in [6.45, 7) is 0. The molecule has 4 rings (SSSR count). The van der Waals surface area contributed by atoms with Gasteiger partial charge in [0.15, 0.2) is 5.78 Å². The Morgan fingerprint density at radius 3 is 2.70 bits per heavy atom. The van der Waals surface area contributed by atoms with Gasteiger partial charge in [0.25, 0.3) is 0 Å². The molecule has 0 bridgehead atoms. The van der Waals surface area contributed by atoms with Crippen molar-refractivity contribution in [3.05, 3.63) is 69.7 Å². The third kappa shape index (κ3) is 2.93. The first kappa shape index (κ1) is 17.2. The number of benzene rings is 1. The number of rotatable bonds is 4. The van der Waals surface area contributed by atoms with E-state index >= 15 is 0 Å². The number of methoxy groups -OCH3 is 1. The summed E-state index contributed by atoms with van der Waals surface area (Å²) in [5, 5.41) is 14.2. The fraction of sp³-hybridized carbons (Fsp3) is 0.118. The number of hydrogen-bond donors (Lipinski definition) is 1. The highest BCUT2D eigenvalue weighted by atomic mass is 79.9. The highest BCUT2D eigenvalue weighted by Gasteiger charge is 2.39. The van der Waals surface area contributed by atoms with Crippen LogP contribution in [0.2, 0.25) is 0 Å². The minimum atomic E-state index is -0.823. The summed E-state index contributed by atoms with van der Waals surface area (Å²) in [5.74, 6) is -0.477. The molecule has 0 saturated carbocycles. The maximum Gasteiger partial charge on any atom is 0.355 e. The van der Waals surface area contributed by atoms with Crippen LogP contribution in [0, 0.1) is 0 Å². The molecule has 0 amide bonds. The van der Waals surface area contributed by atoms with Gasteiger partial charge in [0.05, 0.1) is 18.9 Å². The van der Waals surface area contributed by atoms with Gasteiger partial charge in [0.2, 0.25) is 5.95 Å². The number of anilines is 1.